The molecule has 1 atom stereocenters. The third kappa shape index (κ3) is 4.24. The molecule has 1 fully saturated rings. The summed E-state index contributed by atoms with van der Waals surface area (Å²) in [6, 6.07) is 14.1. The van der Waals surface area contributed by atoms with E-state index in [0.29, 0.717) is 29.2 Å². The average molecular weight is 455 g/mol. The van der Waals surface area contributed by atoms with Crippen LogP contribution >= 0.6 is 0 Å². The number of allylic oxidation sites excluding steroid dienone is 1. The number of benzene rings is 2. The van der Waals surface area contributed by atoms with Gasteiger partial charge in [0.15, 0.2) is 5.76 Å². The molecule has 2 aliphatic heterocycles. The number of likely N-dealkylation sites (tertiary alicyclic amines) is 1. The van der Waals surface area contributed by atoms with Gasteiger partial charge in [0, 0.05) is 25.0 Å². The maximum absolute atomic E-state index is 13.3. The summed E-state index contributed by atoms with van der Waals surface area (Å²) in [5.41, 5.74) is 5.31. The van der Waals surface area contributed by atoms with Crippen LogP contribution in [0.25, 0.3) is 6.08 Å². The van der Waals surface area contributed by atoms with E-state index in [1.165, 1.54) is 11.1 Å². The first-order chi connectivity index (χ1) is 16.5. The first kappa shape index (κ1) is 22.4. The lowest BCUT2D eigenvalue weighted by molar-refractivity contribution is 0.101. The Hall–Kier alpha value is -3.44. The van der Waals surface area contributed by atoms with Gasteiger partial charge in [0.1, 0.15) is 11.5 Å². The molecule has 1 saturated heterocycles. The van der Waals surface area contributed by atoms with Crippen molar-refractivity contribution in [3.63, 3.8) is 0 Å². The standard InChI is InChI=1S/C29H30N2O3/c1-3-20-9-11-21(12-10-20)16-26-28(33)27-19(2)15-25(32)23(29(27)34-26)18-31-14-5-4-8-24(31)22-7-6-13-30-17-22/h6-7,9-13,15-17,24,32H,3-5,8,14,18H2,1-2H3/b26-16-/t24-/m0/s1. The summed E-state index contributed by atoms with van der Waals surface area (Å²) in [6.07, 6.45) is 9.78. The van der Waals surface area contributed by atoms with Gasteiger partial charge in [0.25, 0.3) is 0 Å². The number of hydrogen-bond acceptors (Lipinski definition) is 5. The van der Waals surface area contributed by atoms with Crippen molar-refractivity contribution in [1.29, 1.82) is 0 Å². The fourth-order valence-electron chi connectivity index (χ4n) is 5.07. The Morgan fingerprint density at radius 3 is 2.76 bits per heavy atom. The van der Waals surface area contributed by atoms with Crippen LogP contribution in [0, 0.1) is 6.92 Å². The van der Waals surface area contributed by atoms with E-state index in [4.69, 9.17) is 4.74 Å². The maximum Gasteiger partial charge on any atom is 0.232 e. The normalized spacial score (nSPS) is 19.3. The Labute approximate surface area is 200 Å². The van der Waals surface area contributed by atoms with Crippen molar-refractivity contribution in [2.45, 2.75) is 52.1 Å². The first-order valence-corrected chi connectivity index (χ1v) is 12.1. The molecule has 3 heterocycles. The van der Waals surface area contributed by atoms with Crippen molar-refractivity contribution in [3.8, 4) is 11.5 Å². The summed E-state index contributed by atoms with van der Waals surface area (Å²) in [4.78, 5) is 20.0. The fourth-order valence-corrected chi connectivity index (χ4v) is 5.07. The smallest absolute Gasteiger partial charge is 0.232 e. The largest absolute Gasteiger partial charge is 0.507 e. The highest BCUT2D eigenvalue weighted by Gasteiger charge is 2.35. The van der Waals surface area contributed by atoms with Gasteiger partial charge in [-0.15, -0.1) is 0 Å². The molecule has 5 rings (SSSR count). The van der Waals surface area contributed by atoms with E-state index < -0.39 is 0 Å². The molecular weight excluding hydrogens is 424 g/mol. The van der Waals surface area contributed by atoms with Crippen molar-refractivity contribution in [2.75, 3.05) is 6.54 Å². The Balaban J connectivity index is 1.48. The van der Waals surface area contributed by atoms with E-state index in [0.717, 1.165) is 43.4 Å². The highest BCUT2D eigenvalue weighted by atomic mass is 16.5. The summed E-state index contributed by atoms with van der Waals surface area (Å²) < 4.78 is 6.17. The van der Waals surface area contributed by atoms with Gasteiger partial charge >= 0.3 is 0 Å². The summed E-state index contributed by atoms with van der Waals surface area (Å²) in [5, 5.41) is 10.9. The predicted molar refractivity (Wildman–Crippen MR) is 133 cm³/mol. The second kappa shape index (κ2) is 9.43. The van der Waals surface area contributed by atoms with Crippen LogP contribution in [0.3, 0.4) is 0 Å². The van der Waals surface area contributed by atoms with Crippen molar-refractivity contribution in [2.24, 2.45) is 0 Å². The lowest BCUT2D eigenvalue weighted by atomic mass is 9.94. The highest BCUT2D eigenvalue weighted by molar-refractivity contribution is 6.15. The topological polar surface area (TPSA) is 62.7 Å². The number of nitrogens with zero attached hydrogens (tertiary/aromatic N) is 2. The monoisotopic (exact) mass is 454 g/mol. The lowest BCUT2D eigenvalue weighted by Crippen LogP contribution is -2.33. The lowest BCUT2D eigenvalue weighted by Gasteiger charge is -2.36. The van der Waals surface area contributed by atoms with Gasteiger partial charge in [-0.1, -0.05) is 43.7 Å². The van der Waals surface area contributed by atoms with Gasteiger partial charge in [-0.05, 0) is 73.2 Å². The number of aromatic hydroxyl groups is 1. The number of hydrogen-bond donors (Lipinski definition) is 1. The molecular formula is C29H30N2O3. The van der Waals surface area contributed by atoms with E-state index in [1.54, 1.807) is 18.3 Å². The number of aromatic nitrogens is 1. The minimum atomic E-state index is -0.129. The van der Waals surface area contributed by atoms with Crippen LogP contribution in [0.15, 0.2) is 60.6 Å². The number of ketones is 1. The SMILES string of the molecule is CCc1ccc(/C=C2\Oc3c(CN4CCCC[C@H]4c4cccnc4)c(O)cc(C)c3C2=O)cc1. The number of rotatable bonds is 5. The van der Waals surface area contributed by atoms with Crippen molar-refractivity contribution < 1.29 is 14.6 Å². The number of ether oxygens (including phenoxy) is 1. The quantitative estimate of drug-likeness (QED) is 0.479. The summed E-state index contributed by atoms with van der Waals surface area (Å²) in [7, 11) is 0. The molecule has 0 bridgehead atoms. The molecule has 3 aromatic rings. The zero-order chi connectivity index (χ0) is 23.7. The maximum atomic E-state index is 13.3. The zero-order valence-electron chi connectivity index (χ0n) is 19.8. The molecule has 0 radical (unpaired) electrons. The molecule has 0 spiro atoms. The van der Waals surface area contributed by atoms with Crippen LogP contribution in [0.1, 0.15) is 70.4 Å². The van der Waals surface area contributed by atoms with Gasteiger partial charge < -0.3 is 9.84 Å². The third-order valence-electron chi connectivity index (χ3n) is 6.95. The molecule has 0 amide bonds. The molecule has 34 heavy (non-hydrogen) atoms. The van der Waals surface area contributed by atoms with Crippen LogP contribution in [0.4, 0.5) is 0 Å². The minimum Gasteiger partial charge on any atom is -0.507 e. The van der Waals surface area contributed by atoms with Crippen molar-refractivity contribution in [1.82, 2.24) is 9.88 Å². The van der Waals surface area contributed by atoms with Gasteiger partial charge in [0.2, 0.25) is 5.78 Å². The first-order valence-electron chi connectivity index (χ1n) is 12.1. The van der Waals surface area contributed by atoms with Crippen molar-refractivity contribution in [3.05, 3.63) is 94.0 Å². The molecule has 1 aromatic heterocycles. The number of carbonyl (C=O) groups is 1. The highest BCUT2D eigenvalue weighted by Crippen LogP contribution is 2.44. The predicted octanol–water partition coefficient (Wildman–Crippen LogP) is 6.00. The van der Waals surface area contributed by atoms with E-state index >= 15 is 0 Å². The van der Waals surface area contributed by atoms with Crippen LogP contribution in [0.2, 0.25) is 0 Å². The Kier molecular flexibility index (Phi) is 6.20. The number of phenolic OH excluding ortho intramolecular Hbond substituents is 1. The van der Waals surface area contributed by atoms with Crippen LogP contribution in [-0.2, 0) is 13.0 Å². The Bertz CT molecular complexity index is 1230. The average Bonchev–Trinajstić information content (AvgIpc) is 3.19. The molecule has 5 heteroatoms. The number of fused-ring (bicyclic) bond motifs is 1. The second-order valence-corrected chi connectivity index (χ2v) is 9.20. The summed E-state index contributed by atoms with van der Waals surface area (Å²) in [5.74, 6) is 0.843. The van der Waals surface area contributed by atoms with Gasteiger partial charge in [-0.25, -0.2) is 0 Å². The third-order valence-corrected chi connectivity index (χ3v) is 6.95. The molecule has 1 N–H and O–H groups in total. The molecule has 5 nitrogen and oxygen atoms in total. The molecule has 0 saturated carbocycles. The van der Waals surface area contributed by atoms with E-state index in [9.17, 15) is 9.90 Å². The Morgan fingerprint density at radius 2 is 2.03 bits per heavy atom. The molecule has 174 valence electrons. The molecule has 2 aromatic carbocycles. The molecule has 2 aliphatic rings. The van der Waals surface area contributed by atoms with Gasteiger partial charge in [-0.2, -0.15) is 0 Å². The van der Waals surface area contributed by atoms with E-state index in [-0.39, 0.29) is 17.6 Å². The van der Waals surface area contributed by atoms with Crippen LogP contribution < -0.4 is 4.74 Å². The fraction of sp³-hybridized carbons (Fsp3) is 0.310. The van der Waals surface area contributed by atoms with Gasteiger partial charge in [-0.3, -0.25) is 14.7 Å². The Morgan fingerprint density at radius 1 is 1.21 bits per heavy atom. The van der Waals surface area contributed by atoms with E-state index in [2.05, 4.69) is 35.0 Å². The van der Waals surface area contributed by atoms with Crippen molar-refractivity contribution >= 4 is 11.9 Å². The number of pyridine rings is 1. The number of phenols is 1. The number of aryl methyl sites for hydroxylation is 2. The van der Waals surface area contributed by atoms with Gasteiger partial charge in [0.05, 0.1) is 11.1 Å². The second-order valence-electron chi connectivity index (χ2n) is 9.20. The van der Waals surface area contributed by atoms with Crippen LogP contribution in [0.5, 0.6) is 11.5 Å². The van der Waals surface area contributed by atoms with Crippen LogP contribution in [-0.4, -0.2) is 27.3 Å². The zero-order valence-corrected chi connectivity index (χ0v) is 19.8. The number of piperidine rings is 1. The minimum absolute atomic E-state index is 0.129. The summed E-state index contributed by atoms with van der Waals surface area (Å²) in [6.45, 7) is 5.40. The summed E-state index contributed by atoms with van der Waals surface area (Å²) >= 11 is 0. The molecule has 0 unspecified atom stereocenters. The number of carbonyl (C=O) groups excluding carboxylic acids is 1. The number of Topliss-reactive ketones (excluding diaryl/α,β-unsaturated/α-hetero) is 1. The van der Waals surface area contributed by atoms with E-state index in [1.807, 2.05) is 31.3 Å². The molecule has 0 aliphatic carbocycles.